The summed E-state index contributed by atoms with van der Waals surface area (Å²) in [5, 5.41) is 5.46. The fourth-order valence-corrected chi connectivity index (χ4v) is 1.54. The van der Waals surface area contributed by atoms with Crippen LogP contribution in [0.2, 0.25) is 0 Å². The van der Waals surface area contributed by atoms with E-state index < -0.39 is 18.3 Å². The van der Waals surface area contributed by atoms with Crippen molar-refractivity contribution in [3.8, 4) is 0 Å². The van der Waals surface area contributed by atoms with Gasteiger partial charge in [0.15, 0.2) is 5.84 Å². The lowest BCUT2D eigenvalue weighted by Crippen LogP contribution is -2.41. The zero-order valence-corrected chi connectivity index (χ0v) is 9.57. The Kier molecular flexibility index (Phi) is 3.32. The molecule has 5 nitrogen and oxygen atoms in total. The maximum Gasteiger partial charge on any atom is 0.448 e. The first-order chi connectivity index (χ1) is 8.86. The summed E-state index contributed by atoms with van der Waals surface area (Å²) in [6, 6.07) is 6.24. The molecule has 0 saturated carbocycles. The molecule has 0 aliphatic carbocycles. The summed E-state index contributed by atoms with van der Waals surface area (Å²) < 4.78 is 37.0. The molecule has 0 saturated heterocycles. The average Bonchev–Trinajstić information content (AvgIpc) is 2.78. The number of nitrogens with one attached hydrogen (secondary N) is 1. The van der Waals surface area contributed by atoms with Gasteiger partial charge in [-0.2, -0.15) is 13.2 Å². The summed E-state index contributed by atoms with van der Waals surface area (Å²) in [5.41, 5.74) is 6.13. The second kappa shape index (κ2) is 4.79. The Bertz CT molecular complexity index is 511. The van der Waals surface area contributed by atoms with Crippen molar-refractivity contribution < 1.29 is 22.8 Å². The molecule has 1 aliphatic rings. The molecule has 19 heavy (non-hydrogen) atoms. The summed E-state index contributed by atoms with van der Waals surface area (Å²) in [6.07, 6.45) is -6.59. The second-order valence-electron chi connectivity index (χ2n) is 3.95. The number of nitrogens with two attached hydrogens (primary N) is 1. The van der Waals surface area contributed by atoms with Crippen molar-refractivity contribution in [3.63, 3.8) is 0 Å². The standard InChI is InChI=1S/C11H10F3N3O2/c12-11(13,14)10-16-9(17-19-10)7-3-1-6(2-4-7)5-8(15)18/h1-4,10H,5H2,(H2,15,18)(H,16,17). The molecule has 1 unspecified atom stereocenters. The van der Waals surface area contributed by atoms with Crippen molar-refractivity contribution in [2.24, 2.45) is 10.9 Å². The van der Waals surface area contributed by atoms with E-state index in [0.717, 1.165) is 0 Å². The predicted octanol–water partition coefficient (Wildman–Crippen LogP) is 0.884. The molecule has 1 heterocycles. The van der Waals surface area contributed by atoms with E-state index in [1.807, 2.05) is 0 Å². The van der Waals surface area contributed by atoms with E-state index in [-0.39, 0.29) is 12.3 Å². The Morgan fingerprint density at radius 2 is 2.00 bits per heavy atom. The number of carbonyl (C=O) groups excluding carboxylic acids is 1. The molecule has 8 heteroatoms. The van der Waals surface area contributed by atoms with Crippen molar-refractivity contribution >= 4 is 11.7 Å². The highest BCUT2D eigenvalue weighted by Crippen LogP contribution is 2.24. The first kappa shape index (κ1) is 13.2. The second-order valence-corrected chi connectivity index (χ2v) is 3.95. The third kappa shape index (κ3) is 3.15. The minimum Gasteiger partial charge on any atom is -0.369 e. The molecule has 3 N–H and O–H groups in total. The quantitative estimate of drug-likeness (QED) is 0.858. The molecule has 1 amide bonds. The van der Waals surface area contributed by atoms with Crippen molar-refractivity contribution in [2.45, 2.75) is 18.8 Å². The number of amidine groups is 1. The zero-order chi connectivity index (χ0) is 14.0. The maximum absolute atomic E-state index is 12.3. The van der Waals surface area contributed by atoms with E-state index in [1.54, 1.807) is 12.1 Å². The van der Waals surface area contributed by atoms with Crippen LogP contribution in [0.15, 0.2) is 29.4 Å². The van der Waals surface area contributed by atoms with Gasteiger partial charge in [0, 0.05) is 5.56 Å². The Morgan fingerprint density at radius 3 is 2.47 bits per heavy atom. The summed E-state index contributed by atoms with van der Waals surface area (Å²) in [6.45, 7) is 0. The van der Waals surface area contributed by atoms with Crippen LogP contribution in [0.1, 0.15) is 11.1 Å². The lowest BCUT2D eigenvalue weighted by atomic mass is 10.1. The van der Waals surface area contributed by atoms with Crippen molar-refractivity contribution in [2.75, 3.05) is 0 Å². The van der Waals surface area contributed by atoms with Crippen LogP contribution < -0.4 is 11.1 Å². The van der Waals surface area contributed by atoms with Gasteiger partial charge in [0.05, 0.1) is 6.42 Å². The van der Waals surface area contributed by atoms with Gasteiger partial charge in [-0.15, -0.1) is 0 Å². The molecule has 1 aromatic carbocycles. The number of carbonyl (C=O) groups is 1. The van der Waals surface area contributed by atoms with Crippen LogP contribution in [-0.4, -0.2) is 24.1 Å². The van der Waals surface area contributed by atoms with Crippen LogP contribution in [0.5, 0.6) is 0 Å². The third-order valence-electron chi connectivity index (χ3n) is 2.42. The van der Waals surface area contributed by atoms with E-state index in [0.29, 0.717) is 11.1 Å². The normalized spacial score (nSPS) is 18.5. The highest BCUT2D eigenvalue weighted by atomic mass is 19.4. The summed E-state index contributed by atoms with van der Waals surface area (Å²) in [5.74, 6) is -0.488. The topological polar surface area (TPSA) is 76.7 Å². The molecule has 0 fully saturated rings. The number of alkyl halides is 3. The minimum atomic E-state index is -4.53. The number of amides is 1. The number of nitrogens with zero attached hydrogens (tertiary/aromatic N) is 1. The van der Waals surface area contributed by atoms with Gasteiger partial charge in [-0.05, 0) is 5.56 Å². The molecule has 102 valence electrons. The van der Waals surface area contributed by atoms with Gasteiger partial charge < -0.3 is 15.9 Å². The molecule has 0 aromatic heterocycles. The van der Waals surface area contributed by atoms with Crippen LogP contribution in [0, 0.1) is 0 Å². The van der Waals surface area contributed by atoms with Crippen LogP contribution in [-0.2, 0) is 16.1 Å². The van der Waals surface area contributed by atoms with Crippen LogP contribution >= 0.6 is 0 Å². The number of primary amides is 1. The van der Waals surface area contributed by atoms with Crippen molar-refractivity contribution in [1.29, 1.82) is 0 Å². The summed E-state index contributed by atoms with van der Waals surface area (Å²) >= 11 is 0. The van der Waals surface area contributed by atoms with E-state index in [4.69, 9.17) is 5.73 Å². The van der Waals surface area contributed by atoms with E-state index in [1.165, 1.54) is 12.1 Å². The zero-order valence-electron chi connectivity index (χ0n) is 9.57. The summed E-state index contributed by atoms with van der Waals surface area (Å²) in [7, 11) is 0. The first-order valence-corrected chi connectivity index (χ1v) is 5.31. The number of rotatable bonds is 3. The fraction of sp³-hybridized carbons (Fsp3) is 0.273. The molecular formula is C11H10F3N3O2. The van der Waals surface area contributed by atoms with Gasteiger partial charge in [-0.1, -0.05) is 29.4 Å². The molecule has 0 bridgehead atoms. The van der Waals surface area contributed by atoms with E-state index in [9.17, 15) is 18.0 Å². The van der Waals surface area contributed by atoms with Crippen molar-refractivity contribution in [1.82, 2.24) is 5.32 Å². The number of halogens is 3. The lowest BCUT2D eigenvalue weighted by Gasteiger charge is -2.13. The average molecular weight is 273 g/mol. The maximum atomic E-state index is 12.3. The molecule has 1 atom stereocenters. The molecule has 1 aromatic rings. The monoisotopic (exact) mass is 273 g/mol. The minimum absolute atomic E-state index is 0.00653. The fourth-order valence-electron chi connectivity index (χ4n) is 1.54. The number of hydrogen-bond donors (Lipinski definition) is 2. The van der Waals surface area contributed by atoms with Gasteiger partial charge in [-0.3, -0.25) is 4.79 Å². The van der Waals surface area contributed by atoms with Gasteiger partial charge in [0.1, 0.15) is 0 Å². The SMILES string of the molecule is NC(=O)Cc1ccc(C2=NOC(C(F)(F)F)N2)cc1. The smallest absolute Gasteiger partial charge is 0.369 e. The predicted molar refractivity (Wildman–Crippen MR) is 59.9 cm³/mol. The third-order valence-corrected chi connectivity index (χ3v) is 2.42. The molecular weight excluding hydrogens is 263 g/mol. The van der Waals surface area contributed by atoms with Gasteiger partial charge in [0.25, 0.3) is 6.23 Å². The highest BCUT2D eigenvalue weighted by Gasteiger charge is 2.45. The Balaban J connectivity index is 2.06. The largest absolute Gasteiger partial charge is 0.448 e. The van der Waals surface area contributed by atoms with Gasteiger partial charge >= 0.3 is 6.18 Å². The highest BCUT2D eigenvalue weighted by molar-refractivity contribution is 5.99. The number of hydrogen-bond acceptors (Lipinski definition) is 4. The Morgan fingerprint density at radius 1 is 1.37 bits per heavy atom. The molecule has 0 spiro atoms. The molecule has 0 radical (unpaired) electrons. The van der Waals surface area contributed by atoms with Crippen molar-refractivity contribution in [3.05, 3.63) is 35.4 Å². The van der Waals surface area contributed by atoms with Gasteiger partial charge in [0.2, 0.25) is 5.91 Å². The van der Waals surface area contributed by atoms with Crippen LogP contribution in [0.4, 0.5) is 13.2 Å². The Hall–Kier alpha value is -2.25. The van der Waals surface area contributed by atoms with Crippen LogP contribution in [0.25, 0.3) is 0 Å². The summed E-state index contributed by atoms with van der Waals surface area (Å²) in [4.78, 5) is 15.0. The van der Waals surface area contributed by atoms with Crippen LogP contribution in [0.3, 0.4) is 0 Å². The lowest BCUT2D eigenvalue weighted by molar-refractivity contribution is -0.218. The van der Waals surface area contributed by atoms with E-state index >= 15 is 0 Å². The number of oxime groups is 1. The van der Waals surface area contributed by atoms with Gasteiger partial charge in [-0.25, -0.2) is 0 Å². The Labute approximate surface area is 106 Å². The molecule has 2 rings (SSSR count). The number of benzene rings is 1. The van der Waals surface area contributed by atoms with E-state index in [2.05, 4.69) is 15.3 Å². The molecule has 1 aliphatic heterocycles. The first-order valence-electron chi connectivity index (χ1n) is 5.31.